The summed E-state index contributed by atoms with van der Waals surface area (Å²) in [6.07, 6.45) is 1.51. The molecule has 0 aliphatic carbocycles. The van der Waals surface area contributed by atoms with Crippen molar-refractivity contribution in [3.63, 3.8) is 0 Å². The highest BCUT2D eigenvalue weighted by atomic mass is 16.3. The number of carbonyl (C=O) groups is 1. The first-order valence-corrected chi connectivity index (χ1v) is 8.67. The van der Waals surface area contributed by atoms with Crippen molar-refractivity contribution in [1.82, 2.24) is 24.6 Å². The number of aryl methyl sites for hydroxylation is 3. The molecule has 1 aliphatic rings. The average molecular weight is 345 g/mol. The number of fused-ring (bicyclic) bond motifs is 1. The first-order valence-electron chi connectivity index (χ1n) is 8.67. The van der Waals surface area contributed by atoms with Crippen LogP contribution in [0.5, 0.6) is 0 Å². The van der Waals surface area contributed by atoms with Crippen molar-refractivity contribution < 1.29 is 9.90 Å². The SMILES string of the molecule is Cc1cc(C(=O)N2CCC[C@@](O)(CN(C)C)C2)c2c(C)nn(C)c2n1. The summed E-state index contributed by atoms with van der Waals surface area (Å²) in [6, 6.07) is 1.83. The molecule has 1 fully saturated rings. The van der Waals surface area contributed by atoms with Gasteiger partial charge in [-0.15, -0.1) is 0 Å². The smallest absolute Gasteiger partial charge is 0.254 e. The molecule has 3 heterocycles. The van der Waals surface area contributed by atoms with Crippen molar-refractivity contribution in [2.45, 2.75) is 32.3 Å². The Bertz CT molecular complexity index is 813. The number of likely N-dealkylation sites (N-methyl/N-ethyl adjacent to an activating group) is 1. The summed E-state index contributed by atoms with van der Waals surface area (Å²) in [4.78, 5) is 21.5. The van der Waals surface area contributed by atoms with Gasteiger partial charge in [0.05, 0.1) is 28.8 Å². The quantitative estimate of drug-likeness (QED) is 0.902. The van der Waals surface area contributed by atoms with Crippen LogP contribution in [0.1, 0.15) is 34.6 Å². The standard InChI is InChI=1S/C18H27N5O2/c1-12-9-14(15-13(2)20-22(5)16(15)19-12)17(24)23-8-6-7-18(25,11-23)10-21(3)4/h9,25H,6-8,10-11H2,1-5H3/t18-/m1/s1. The van der Waals surface area contributed by atoms with E-state index in [1.807, 2.05) is 46.0 Å². The number of hydrogen-bond acceptors (Lipinski definition) is 5. The van der Waals surface area contributed by atoms with E-state index in [0.29, 0.717) is 31.6 Å². The molecule has 25 heavy (non-hydrogen) atoms. The third-order valence-corrected chi connectivity index (χ3v) is 4.78. The summed E-state index contributed by atoms with van der Waals surface area (Å²) in [6.45, 7) is 5.35. The number of likely N-dealkylation sites (tertiary alicyclic amines) is 1. The van der Waals surface area contributed by atoms with Gasteiger partial charge in [-0.2, -0.15) is 5.10 Å². The maximum atomic E-state index is 13.2. The van der Waals surface area contributed by atoms with Gasteiger partial charge in [-0.05, 0) is 46.9 Å². The number of amides is 1. The van der Waals surface area contributed by atoms with E-state index in [4.69, 9.17) is 0 Å². The minimum atomic E-state index is -0.859. The Morgan fingerprint density at radius 3 is 2.80 bits per heavy atom. The highest BCUT2D eigenvalue weighted by Crippen LogP contribution is 2.27. The lowest BCUT2D eigenvalue weighted by Gasteiger charge is -2.40. The van der Waals surface area contributed by atoms with Crippen LogP contribution >= 0.6 is 0 Å². The number of piperidine rings is 1. The zero-order valence-corrected chi connectivity index (χ0v) is 15.7. The Labute approximate surface area is 148 Å². The Morgan fingerprint density at radius 2 is 2.12 bits per heavy atom. The van der Waals surface area contributed by atoms with Crippen LogP contribution in [0.15, 0.2) is 6.07 Å². The first kappa shape index (κ1) is 17.8. The summed E-state index contributed by atoms with van der Waals surface area (Å²) >= 11 is 0. The summed E-state index contributed by atoms with van der Waals surface area (Å²) in [5.74, 6) is -0.0523. The molecule has 2 aromatic heterocycles. The van der Waals surface area contributed by atoms with E-state index < -0.39 is 5.60 Å². The largest absolute Gasteiger partial charge is 0.387 e. The maximum absolute atomic E-state index is 13.2. The van der Waals surface area contributed by atoms with E-state index in [-0.39, 0.29) is 5.91 Å². The summed E-state index contributed by atoms with van der Waals surface area (Å²) in [7, 11) is 5.72. The van der Waals surface area contributed by atoms with Crippen LogP contribution < -0.4 is 0 Å². The molecule has 7 nitrogen and oxygen atoms in total. The summed E-state index contributed by atoms with van der Waals surface area (Å²) in [5, 5.41) is 16.1. The molecule has 0 unspecified atom stereocenters. The zero-order valence-electron chi connectivity index (χ0n) is 15.7. The first-order chi connectivity index (χ1) is 11.7. The van der Waals surface area contributed by atoms with Crippen LogP contribution in [-0.4, -0.2) is 74.9 Å². The lowest BCUT2D eigenvalue weighted by molar-refractivity contribution is -0.0391. The molecule has 1 N–H and O–H groups in total. The third-order valence-electron chi connectivity index (χ3n) is 4.78. The maximum Gasteiger partial charge on any atom is 0.254 e. The molecule has 136 valence electrons. The van der Waals surface area contributed by atoms with Crippen LogP contribution in [0.4, 0.5) is 0 Å². The second-order valence-electron chi connectivity index (χ2n) is 7.51. The second-order valence-corrected chi connectivity index (χ2v) is 7.51. The highest BCUT2D eigenvalue weighted by molar-refractivity contribution is 6.06. The van der Waals surface area contributed by atoms with Gasteiger partial charge in [0.1, 0.15) is 0 Å². The number of aliphatic hydroxyl groups is 1. The number of pyridine rings is 1. The number of aromatic nitrogens is 3. The molecule has 0 spiro atoms. The molecular formula is C18H27N5O2. The lowest BCUT2D eigenvalue weighted by Crippen LogP contribution is -2.54. The third kappa shape index (κ3) is 3.39. The summed E-state index contributed by atoms with van der Waals surface area (Å²) in [5.41, 5.74) is 2.08. The van der Waals surface area contributed by atoms with Crippen LogP contribution in [0.3, 0.4) is 0 Å². The van der Waals surface area contributed by atoms with Gasteiger partial charge in [0.2, 0.25) is 0 Å². The van der Waals surface area contributed by atoms with Crippen LogP contribution in [0.2, 0.25) is 0 Å². The van der Waals surface area contributed by atoms with Gasteiger partial charge >= 0.3 is 0 Å². The Morgan fingerprint density at radius 1 is 1.40 bits per heavy atom. The molecule has 1 saturated heterocycles. The fourth-order valence-electron chi connectivity index (χ4n) is 3.91. The molecule has 0 aromatic carbocycles. The molecule has 0 radical (unpaired) electrons. The summed E-state index contributed by atoms with van der Waals surface area (Å²) < 4.78 is 1.72. The predicted octanol–water partition coefficient (Wildman–Crippen LogP) is 1.11. The number of β-amino-alcohol motifs (C(OH)–C–C–N with tert-alkyl or cyclic N) is 1. The molecule has 0 bridgehead atoms. The minimum absolute atomic E-state index is 0.0523. The predicted molar refractivity (Wildman–Crippen MR) is 96.6 cm³/mol. The van der Waals surface area contributed by atoms with Crippen LogP contribution in [-0.2, 0) is 7.05 Å². The fraction of sp³-hybridized carbons (Fsp3) is 0.611. The second kappa shape index (κ2) is 6.38. The van der Waals surface area contributed by atoms with Gasteiger partial charge in [0.15, 0.2) is 5.65 Å². The molecule has 1 amide bonds. The van der Waals surface area contributed by atoms with E-state index in [1.54, 1.807) is 9.58 Å². The average Bonchev–Trinajstić information content (AvgIpc) is 2.79. The van der Waals surface area contributed by atoms with Gasteiger partial charge < -0.3 is 14.9 Å². The van der Waals surface area contributed by atoms with Crippen molar-refractivity contribution in [2.75, 3.05) is 33.7 Å². The molecule has 1 atom stereocenters. The van der Waals surface area contributed by atoms with Crippen LogP contribution in [0, 0.1) is 13.8 Å². The van der Waals surface area contributed by atoms with Gasteiger partial charge in [-0.25, -0.2) is 4.98 Å². The minimum Gasteiger partial charge on any atom is -0.387 e. The van der Waals surface area contributed by atoms with Crippen molar-refractivity contribution in [3.8, 4) is 0 Å². The van der Waals surface area contributed by atoms with E-state index in [0.717, 1.165) is 28.8 Å². The Kier molecular flexibility index (Phi) is 4.55. The van der Waals surface area contributed by atoms with Gasteiger partial charge in [-0.1, -0.05) is 0 Å². The van der Waals surface area contributed by atoms with E-state index in [9.17, 15) is 9.90 Å². The molecule has 3 rings (SSSR count). The normalized spacial score (nSPS) is 21.3. The Hall–Kier alpha value is -1.99. The Balaban J connectivity index is 1.97. The molecule has 2 aromatic rings. The molecule has 0 saturated carbocycles. The molecule has 1 aliphatic heterocycles. The lowest BCUT2D eigenvalue weighted by atomic mass is 9.91. The molecular weight excluding hydrogens is 318 g/mol. The van der Waals surface area contributed by atoms with Gasteiger partial charge in [0, 0.05) is 25.8 Å². The van der Waals surface area contributed by atoms with Crippen molar-refractivity contribution >= 4 is 16.9 Å². The van der Waals surface area contributed by atoms with Crippen molar-refractivity contribution in [2.24, 2.45) is 7.05 Å². The fourth-order valence-corrected chi connectivity index (χ4v) is 3.91. The zero-order chi connectivity index (χ0) is 18.4. The topological polar surface area (TPSA) is 74.5 Å². The van der Waals surface area contributed by atoms with Crippen molar-refractivity contribution in [3.05, 3.63) is 23.0 Å². The van der Waals surface area contributed by atoms with E-state index >= 15 is 0 Å². The van der Waals surface area contributed by atoms with Crippen LogP contribution in [0.25, 0.3) is 11.0 Å². The number of rotatable bonds is 3. The number of hydrogen-bond donors (Lipinski definition) is 1. The van der Waals surface area contributed by atoms with Gasteiger partial charge in [-0.3, -0.25) is 9.48 Å². The number of nitrogens with zero attached hydrogens (tertiary/aromatic N) is 5. The number of carbonyl (C=O) groups excluding carboxylic acids is 1. The monoisotopic (exact) mass is 345 g/mol. The molecule has 7 heteroatoms. The van der Waals surface area contributed by atoms with Gasteiger partial charge in [0.25, 0.3) is 5.91 Å². The van der Waals surface area contributed by atoms with E-state index in [1.165, 1.54) is 0 Å². The highest BCUT2D eigenvalue weighted by Gasteiger charge is 2.36. The van der Waals surface area contributed by atoms with Crippen molar-refractivity contribution in [1.29, 1.82) is 0 Å². The van der Waals surface area contributed by atoms with E-state index in [2.05, 4.69) is 10.1 Å².